The summed E-state index contributed by atoms with van der Waals surface area (Å²) in [4.78, 5) is 16.2. The topological polar surface area (TPSA) is 42.0 Å². The number of hydrogen-bond acceptors (Lipinski definition) is 2. The van der Waals surface area contributed by atoms with Gasteiger partial charge in [0.05, 0.1) is 5.56 Å². The summed E-state index contributed by atoms with van der Waals surface area (Å²) in [7, 11) is 0. The molecule has 0 spiro atoms. The van der Waals surface area contributed by atoms with E-state index in [-0.39, 0.29) is 5.91 Å². The van der Waals surface area contributed by atoms with Crippen molar-refractivity contribution in [1.82, 2.24) is 10.3 Å². The summed E-state index contributed by atoms with van der Waals surface area (Å²) in [6.07, 6.45) is 3.48. The highest BCUT2D eigenvalue weighted by Gasteiger charge is 2.04. The molecule has 1 aromatic heterocycles. The normalized spacial score (nSPS) is 10.4. The van der Waals surface area contributed by atoms with Gasteiger partial charge >= 0.3 is 0 Å². The molecule has 3 heteroatoms. The van der Waals surface area contributed by atoms with E-state index in [1.807, 2.05) is 19.1 Å². The molecule has 0 atom stereocenters. The summed E-state index contributed by atoms with van der Waals surface area (Å²) in [6, 6.07) is 22.6. The van der Waals surface area contributed by atoms with Crippen molar-refractivity contribution in [3.63, 3.8) is 0 Å². The van der Waals surface area contributed by atoms with Gasteiger partial charge < -0.3 is 5.32 Å². The lowest BCUT2D eigenvalue weighted by Crippen LogP contribution is -2.24. The number of carbonyl (C=O) groups excluding carboxylic acids is 1. The van der Waals surface area contributed by atoms with Gasteiger partial charge in [-0.1, -0.05) is 54.6 Å². The highest BCUT2D eigenvalue weighted by molar-refractivity contribution is 5.93. The molecule has 2 aromatic carbocycles. The largest absolute Gasteiger partial charge is 0.352 e. The predicted molar refractivity (Wildman–Crippen MR) is 102 cm³/mol. The van der Waals surface area contributed by atoms with E-state index in [2.05, 4.69) is 58.8 Å². The van der Waals surface area contributed by atoms with Crippen LogP contribution in [0.15, 0.2) is 72.9 Å². The average molecular weight is 330 g/mol. The first kappa shape index (κ1) is 16.9. The second-order valence-electron chi connectivity index (χ2n) is 6.11. The summed E-state index contributed by atoms with van der Waals surface area (Å²) in [5.74, 6) is -0.0630. The van der Waals surface area contributed by atoms with Crippen molar-refractivity contribution in [3.8, 4) is 11.1 Å². The molecule has 0 radical (unpaired) electrons. The minimum Gasteiger partial charge on any atom is -0.352 e. The van der Waals surface area contributed by atoms with Gasteiger partial charge in [-0.3, -0.25) is 9.78 Å². The maximum absolute atomic E-state index is 12.0. The quantitative estimate of drug-likeness (QED) is 0.680. The Morgan fingerprint density at radius 2 is 1.64 bits per heavy atom. The lowest BCUT2D eigenvalue weighted by molar-refractivity contribution is 0.0953. The molecule has 1 heterocycles. The molecule has 1 N–H and O–H groups in total. The molecule has 0 unspecified atom stereocenters. The number of carbonyl (C=O) groups is 1. The molecule has 0 aliphatic rings. The van der Waals surface area contributed by atoms with Crippen LogP contribution in [0.25, 0.3) is 11.1 Å². The minimum absolute atomic E-state index is 0.0630. The van der Waals surface area contributed by atoms with Crippen LogP contribution in [0.1, 0.15) is 28.0 Å². The molecule has 0 aliphatic heterocycles. The number of nitrogens with one attached hydrogen (secondary N) is 1. The average Bonchev–Trinajstić information content (AvgIpc) is 2.67. The van der Waals surface area contributed by atoms with Crippen molar-refractivity contribution < 1.29 is 4.79 Å². The maximum atomic E-state index is 12.0. The summed E-state index contributed by atoms with van der Waals surface area (Å²) >= 11 is 0. The second-order valence-corrected chi connectivity index (χ2v) is 6.11. The number of aromatic nitrogens is 1. The molecule has 3 nitrogen and oxygen atoms in total. The summed E-state index contributed by atoms with van der Waals surface area (Å²) < 4.78 is 0. The first-order valence-corrected chi connectivity index (χ1v) is 8.57. The van der Waals surface area contributed by atoms with E-state index >= 15 is 0 Å². The zero-order valence-corrected chi connectivity index (χ0v) is 14.4. The van der Waals surface area contributed by atoms with E-state index in [4.69, 9.17) is 0 Å². The summed E-state index contributed by atoms with van der Waals surface area (Å²) in [5.41, 5.74) is 5.26. The van der Waals surface area contributed by atoms with Crippen LogP contribution in [-0.4, -0.2) is 17.4 Å². The number of nitrogens with zero attached hydrogens (tertiary/aromatic N) is 1. The van der Waals surface area contributed by atoms with Gasteiger partial charge in [-0.15, -0.1) is 0 Å². The molecule has 1 amide bonds. The van der Waals surface area contributed by atoms with Gasteiger partial charge in [0.1, 0.15) is 0 Å². The highest BCUT2D eigenvalue weighted by Crippen LogP contribution is 2.19. The molecule has 0 fully saturated rings. The number of hydrogen-bond donors (Lipinski definition) is 1. The zero-order valence-electron chi connectivity index (χ0n) is 14.4. The Kier molecular flexibility index (Phi) is 5.57. The SMILES string of the molecule is Cc1ccc(C(=O)NCCCc2ccc(-c3ccccc3)cc2)cn1. The fourth-order valence-corrected chi connectivity index (χ4v) is 2.69. The third-order valence-corrected chi connectivity index (χ3v) is 4.16. The highest BCUT2D eigenvalue weighted by atomic mass is 16.1. The Hall–Kier alpha value is -2.94. The number of pyridine rings is 1. The molecule has 126 valence electrons. The van der Waals surface area contributed by atoms with Crippen LogP contribution in [0.3, 0.4) is 0 Å². The third kappa shape index (κ3) is 4.77. The minimum atomic E-state index is -0.0630. The van der Waals surface area contributed by atoms with E-state index < -0.39 is 0 Å². The second kappa shape index (κ2) is 8.25. The van der Waals surface area contributed by atoms with E-state index in [1.165, 1.54) is 16.7 Å². The molecule has 3 aromatic rings. The van der Waals surface area contributed by atoms with Gasteiger partial charge in [-0.25, -0.2) is 0 Å². The number of aryl methyl sites for hydroxylation is 2. The maximum Gasteiger partial charge on any atom is 0.252 e. The molecular weight excluding hydrogens is 308 g/mol. The van der Waals surface area contributed by atoms with E-state index in [9.17, 15) is 4.79 Å². The molecule has 0 saturated heterocycles. The van der Waals surface area contributed by atoms with Crippen LogP contribution in [0, 0.1) is 6.92 Å². The van der Waals surface area contributed by atoms with Gasteiger partial charge in [-0.2, -0.15) is 0 Å². The Bertz CT molecular complexity index is 809. The van der Waals surface area contributed by atoms with Crippen LogP contribution in [0.2, 0.25) is 0 Å². The van der Waals surface area contributed by atoms with E-state index in [1.54, 1.807) is 12.3 Å². The van der Waals surface area contributed by atoms with Gasteiger partial charge in [0.25, 0.3) is 5.91 Å². The van der Waals surface area contributed by atoms with Crippen molar-refractivity contribution in [1.29, 1.82) is 0 Å². The Labute approximate surface area is 148 Å². The monoisotopic (exact) mass is 330 g/mol. The van der Waals surface area contributed by atoms with Crippen LogP contribution < -0.4 is 5.32 Å². The van der Waals surface area contributed by atoms with Crippen LogP contribution in [0.5, 0.6) is 0 Å². The Morgan fingerprint density at radius 3 is 2.32 bits per heavy atom. The third-order valence-electron chi connectivity index (χ3n) is 4.16. The van der Waals surface area contributed by atoms with Gasteiger partial charge in [0.2, 0.25) is 0 Å². The lowest BCUT2D eigenvalue weighted by atomic mass is 10.0. The molecule has 25 heavy (non-hydrogen) atoms. The Balaban J connectivity index is 1.46. The van der Waals surface area contributed by atoms with Crippen LogP contribution in [0.4, 0.5) is 0 Å². The number of rotatable bonds is 6. The van der Waals surface area contributed by atoms with Crippen molar-refractivity contribution in [2.24, 2.45) is 0 Å². The van der Waals surface area contributed by atoms with Crippen LogP contribution in [-0.2, 0) is 6.42 Å². The fraction of sp³-hybridized carbons (Fsp3) is 0.182. The smallest absolute Gasteiger partial charge is 0.252 e. The van der Waals surface area contributed by atoms with Gasteiger partial charge in [0.15, 0.2) is 0 Å². The van der Waals surface area contributed by atoms with E-state index in [0.717, 1.165) is 18.5 Å². The van der Waals surface area contributed by atoms with Crippen molar-refractivity contribution >= 4 is 5.91 Å². The number of amides is 1. The van der Waals surface area contributed by atoms with Gasteiger partial charge in [-0.05, 0) is 48.6 Å². The van der Waals surface area contributed by atoms with Crippen LogP contribution >= 0.6 is 0 Å². The summed E-state index contributed by atoms with van der Waals surface area (Å²) in [5, 5.41) is 2.95. The van der Waals surface area contributed by atoms with Crippen molar-refractivity contribution in [3.05, 3.63) is 89.7 Å². The molecule has 0 aliphatic carbocycles. The van der Waals surface area contributed by atoms with Crippen molar-refractivity contribution in [2.75, 3.05) is 6.54 Å². The fourth-order valence-electron chi connectivity index (χ4n) is 2.69. The van der Waals surface area contributed by atoms with Gasteiger partial charge in [0, 0.05) is 18.4 Å². The molecule has 3 rings (SSSR count). The number of benzene rings is 2. The standard InChI is InChI=1S/C22H22N2O/c1-17-9-12-21(16-24-17)22(25)23-15-5-6-18-10-13-20(14-11-18)19-7-3-2-4-8-19/h2-4,7-14,16H,5-6,15H2,1H3,(H,23,25). The lowest BCUT2D eigenvalue weighted by Gasteiger charge is -2.07. The molecular formula is C22H22N2O. The summed E-state index contributed by atoms with van der Waals surface area (Å²) in [6.45, 7) is 2.57. The molecule has 0 bridgehead atoms. The van der Waals surface area contributed by atoms with E-state index in [0.29, 0.717) is 12.1 Å². The first-order valence-electron chi connectivity index (χ1n) is 8.57. The van der Waals surface area contributed by atoms with Crippen molar-refractivity contribution in [2.45, 2.75) is 19.8 Å². The Morgan fingerprint density at radius 1 is 0.920 bits per heavy atom. The predicted octanol–water partition coefficient (Wildman–Crippen LogP) is 4.42. The zero-order chi connectivity index (χ0) is 17.5. The molecule has 0 saturated carbocycles. The first-order chi connectivity index (χ1) is 12.2.